The van der Waals surface area contributed by atoms with E-state index >= 15 is 0 Å². The first-order chi connectivity index (χ1) is 6.31. The van der Waals surface area contributed by atoms with Crippen LogP contribution in [0.5, 0.6) is 0 Å². The van der Waals surface area contributed by atoms with Gasteiger partial charge in [0.1, 0.15) is 5.60 Å². The molecule has 4 heteroatoms. The second-order valence-electron chi connectivity index (χ2n) is 4.79. The van der Waals surface area contributed by atoms with Crippen molar-refractivity contribution >= 4 is 29.2 Å². The fourth-order valence-electron chi connectivity index (χ4n) is 1.55. The Morgan fingerprint density at radius 2 is 1.86 bits per heavy atom. The Hall–Kier alpha value is 0.300. The van der Waals surface area contributed by atoms with Gasteiger partial charge in [0, 0.05) is 0 Å². The van der Waals surface area contributed by atoms with Gasteiger partial charge in [-0.1, -0.05) is 0 Å². The molecule has 1 fully saturated rings. The van der Waals surface area contributed by atoms with Gasteiger partial charge in [-0.3, -0.25) is 4.79 Å². The highest BCUT2D eigenvalue weighted by Gasteiger charge is 2.30. The minimum Gasteiger partial charge on any atom is -0.459 e. The molecule has 0 bridgehead atoms. The van der Waals surface area contributed by atoms with Crippen molar-refractivity contribution in [1.82, 2.24) is 0 Å². The quantitative estimate of drug-likeness (QED) is 0.727. The van der Waals surface area contributed by atoms with Gasteiger partial charge in [0.25, 0.3) is 0 Å². The molecular weight excluding hydrogens is 264 g/mol. The van der Waals surface area contributed by atoms with Crippen molar-refractivity contribution in [2.45, 2.75) is 39.2 Å². The largest absolute Gasteiger partial charge is 0.459 e. The Kier molecular flexibility index (Phi) is 3.92. The molecule has 2 nitrogen and oxygen atoms in total. The molecule has 1 aliphatic heterocycles. The number of esters is 1. The number of carbonyl (C=O) groups excluding carboxylic acids is 1. The Labute approximate surface area is 95.3 Å². The lowest BCUT2D eigenvalue weighted by atomic mass is 10.2. The summed E-state index contributed by atoms with van der Waals surface area (Å²) >= 11 is 3.74. The topological polar surface area (TPSA) is 26.3 Å². The summed E-state index contributed by atoms with van der Waals surface area (Å²) in [5.74, 6) is 2.88. The molecule has 0 spiro atoms. The molecule has 84 valence electrons. The van der Waals surface area contributed by atoms with E-state index in [9.17, 15) is 4.79 Å². The Balaban J connectivity index is 2.40. The van der Waals surface area contributed by atoms with E-state index in [1.165, 1.54) is 24.3 Å². The molecule has 0 aromatic carbocycles. The fraction of sp³-hybridized carbons (Fsp3) is 0.900. The average molecular weight is 283 g/mol. The number of ether oxygens (including phenoxy) is 1. The van der Waals surface area contributed by atoms with Crippen LogP contribution in [0.4, 0.5) is 0 Å². The van der Waals surface area contributed by atoms with Crippen molar-refractivity contribution in [2.24, 2.45) is 0 Å². The van der Waals surface area contributed by atoms with E-state index in [-0.39, 0.29) is 11.6 Å². The molecule has 1 saturated heterocycles. The highest BCUT2D eigenvalue weighted by Crippen LogP contribution is 2.60. The maximum absolute atomic E-state index is 11.6. The number of halogens is 1. The zero-order valence-corrected chi connectivity index (χ0v) is 11.5. The summed E-state index contributed by atoms with van der Waals surface area (Å²) in [5, 5.41) is 0. The van der Waals surface area contributed by atoms with E-state index in [1.807, 2.05) is 20.8 Å². The van der Waals surface area contributed by atoms with Gasteiger partial charge >= 0.3 is 5.97 Å². The van der Waals surface area contributed by atoms with Crippen LogP contribution in [-0.2, 0) is 9.53 Å². The monoisotopic (exact) mass is 282 g/mol. The molecule has 0 N–H and O–H groups in total. The summed E-state index contributed by atoms with van der Waals surface area (Å²) in [7, 11) is -0.837. The number of rotatable bonds is 2. The van der Waals surface area contributed by atoms with Crippen molar-refractivity contribution in [3.8, 4) is 0 Å². The number of hydrogen-bond donors (Lipinski definition) is 0. The third kappa shape index (κ3) is 4.22. The van der Waals surface area contributed by atoms with Crippen LogP contribution in [0.15, 0.2) is 0 Å². The molecular formula is C10H19BrO2S. The molecule has 1 rings (SSSR count). The summed E-state index contributed by atoms with van der Waals surface area (Å²) in [6.07, 6.45) is 2.51. The van der Waals surface area contributed by atoms with E-state index in [4.69, 9.17) is 4.74 Å². The zero-order chi connectivity index (χ0) is 10.8. The van der Waals surface area contributed by atoms with Gasteiger partial charge in [-0.05, 0) is 59.9 Å². The predicted molar refractivity (Wildman–Crippen MR) is 66.2 cm³/mol. The van der Waals surface area contributed by atoms with Gasteiger partial charge < -0.3 is 4.74 Å². The molecule has 0 aromatic rings. The molecule has 0 aliphatic carbocycles. The highest BCUT2D eigenvalue weighted by atomic mass is 79.9. The van der Waals surface area contributed by atoms with Crippen molar-refractivity contribution in [1.29, 1.82) is 0 Å². The molecule has 1 aliphatic rings. The molecule has 0 radical (unpaired) electrons. The molecule has 0 atom stereocenters. The van der Waals surface area contributed by atoms with E-state index in [1.54, 1.807) is 0 Å². The van der Waals surface area contributed by atoms with Crippen molar-refractivity contribution < 1.29 is 9.53 Å². The van der Waals surface area contributed by atoms with Crippen molar-refractivity contribution in [3.63, 3.8) is 0 Å². The smallest absolute Gasteiger partial charge is 0.315 e. The van der Waals surface area contributed by atoms with Crippen LogP contribution in [0.1, 0.15) is 33.6 Å². The third-order valence-electron chi connectivity index (χ3n) is 2.07. The van der Waals surface area contributed by atoms with Crippen LogP contribution >= 0.6 is 23.3 Å². The fourth-order valence-corrected chi connectivity index (χ4v) is 5.90. The second-order valence-corrected chi connectivity index (χ2v) is 11.9. The van der Waals surface area contributed by atoms with Gasteiger partial charge in [-0.25, -0.2) is 0 Å². The normalized spacial score (nSPS) is 23.1. The number of carbonyl (C=O) groups is 1. The Morgan fingerprint density at radius 3 is 2.29 bits per heavy atom. The lowest BCUT2D eigenvalue weighted by molar-refractivity contribution is -0.151. The van der Waals surface area contributed by atoms with Crippen LogP contribution in [0, 0.1) is 0 Å². The lowest BCUT2D eigenvalue weighted by Crippen LogP contribution is -2.26. The summed E-state index contributed by atoms with van der Waals surface area (Å²) in [6.45, 7) is 5.74. The minimum atomic E-state index is -0.837. The average Bonchev–Trinajstić information content (AvgIpc) is 2.30. The summed E-state index contributed by atoms with van der Waals surface area (Å²) in [4.78, 5) is 11.6. The molecule has 0 aromatic heterocycles. The van der Waals surface area contributed by atoms with Gasteiger partial charge in [-0.2, -0.15) is 8.46 Å². The maximum Gasteiger partial charge on any atom is 0.315 e. The Bertz CT molecular complexity index is 217. The number of hydrogen-bond acceptors (Lipinski definition) is 2. The first kappa shape index (κ1) is 12.4. The summed E-state index contributed by atoms with van der Waals surface area (Å²) in [5.41, 5.74) is -0.349. The van der Waals surface area contributed by atoms with Gasteiger partial charge in [0.2, 0.25) is 0 Å². The molecule has 14 heavy (non-hydrogen) atoms. The van der Waals surface area contributed by atoms with Gasteiger partial charge in [-0.15, -0.1) is 0 Å². The molecule has 1 heterocycles. The zero-order valence-electron chi connectivity index (χ0n) is 9.14. The third-order valence-corrected chi connectivity index (χ3v) is 7.49. The highest BCUT2D eigenvalue weighted by molar-refractivity contribution is 9.58. The summed E-state index contributed by atoms with van der Waals surface area (Å²) < 4.78 is 5.32. The minimum absolute atomic E-state index is 0.0497. The molecule has 0 amide bonds. The van der Waals surface area contributed by atoms with Crippen molar-refractivity contribution in [2.75, 3.05) is 17.3 Å². The SMILES string of the molecule is CC(C)(C)OC(=O)CS1(Br)CCCC1. The van der Waals surface area contributed by atoms with E-state index < -0.39 is 8.46 Å². The maximum atomic E-state index is 11.6. The van der Waals surface area contributed by atoms with Crippen molar-refractivity contribution in [3.05, 3.63) is 0 Å². The molecule has 0 saturated carbocycles. The van der Waals surface area contributed by atoms with Crippen LogP contribution in [-0.4, -0.2) is 28.8 Å². The van der Waals surface area contributed by atoms with Gasteiger partial charge in [0.05, 0.1) is 5.75 Å². The van der Waals surface area contributed by atoms with Crippen LogP contribution in [0.2, 0.25) is 0 Å². The second kappa shape index (κ2) is 4.44. The summed E-state index contributed by atoms with van der Waals surface area (Å²) in [6, 6.07) is 0. The standard InChI is InChI=1S/C10H19BrO2S/c1-10(2,3)13-9(12)8-14(11)6-4-5-7-14/h4-8H2,1-3H3. The van der Waals surface area contributed by atoms with Crippen LogP contribution in [0.25, 0.3) is 0 Å². The molecule has 0 unspecified atom stereocenters. The first-order valence-corrected chi connectivity index (χ1v) is 8.97. The van der Waals surface area contributed by atoms with E-state index in [0.717, 1.165) is 0 Å². The first-order valence-electron chi connectivity index (χ1n) is 4.99. The Morgan fingerprint density at radius 1 is 1.36 bits per heavy atom. The lowest BCUT2D eigenvalue weighted by Gasteiger charge is -2.28. The van der Waals surface area contributed by atoms with Crippen LogP contribution in [0.3, 0.4) is 0 Å². The predicted octanol–water partition coefficient (Wildman–Crippen LogP) is 3.24. The van der Waals surface area contributed by atoms with Gasteiger partial charge in [0.15, 0.2) is 0 Å². The van der Waals surface area contributed by atoms with E-state index in [0.29, 0.717) is 5.75 Å². The van der Waals surface area contributed by atoms with Crippen LogP contribution < -0.4 is 0 Å². The van der Waals surface area contributed by atoms with E-state index in [2.05, 4.69) is 14.8 Å².